The smallest absolute Gasteiger partial charge is 0.221 e. The van der Waals surface area contributed by atoms with Gasteiger partial charge in [0.05, 0.1) is 0 Å². The van der Waals surface area contributed by atoms with Crippen molar-refractivity contribution in [3.8, 4) is 0 Å². The van der Waals surface area contributed by atoms with Crippen molar-refractivity contribution in [2.75, 3.05) is 12.0 Å². The Morgan fingerprint density at radius 1 is 1.53 bits per heavy atom. The summed E-state index contributed by atoms with van der Waals surface area (Å²) in [5, 5.41) is 2.85. The van der Waals surface area contributed by atoms with E-state index in [1.807, 2.05) is 13.8 Å². The van der Waals surface area contributed by atoms with E-state index in [-0.39, 0.29) is 18.0 Å². The molecule has 0 aliphatic carbocycles. The Hall–Kier alpha value is -0.420. The zero-order chi connectivity index (χ0) is 11.8. The van der Waals surface area contributed by atoms with Crippen molar-refractivity contribution < 1.29 is 9.00 Å². The number of carbonyl (C=O) groups is 1. The van der Waals surface area contributed by atoms with Gasteiger partial charge in [0, 0.05) is 41.3 Å². The van der Waals surface area contributed by atoms with E-state index in [0.717, 1.165) is 12.8 Å². The molecule has 4 nitrogen and oxygen atoms in total. The first-order valence-corrected chi connectivity index (χ1v) is 7.03. The fraction of sp³-hybridized carbons (Fsp3) is 0.900. The van der Waals surface area contributed by atoms with Gasteiger partial charge in [-0.1, -0.05) is 6.92 Å². The van der Waals surface area contributed by atoms with Crippen molar-refractivity contribution in [1.29, 1.82) is 0 Å². The number of hydrogen-bond acceptors (Lipinski definition) is 3. The Balaban J connectivity index is 3.71. The Morgan fingerprint density at radius 3 is 2.60 bits per heavy atom. The molecule has 0 heterocycles. The molecule has 0 fully saturated rings. The van der Waals surface area contributed by atoms with E-state index < -0.39 is 10.8 Å². The van der Waals surface area contributed by atoms with Crippen molar-refractivity contribution in [2.45, 2.75) is 45.2 Å². The largest absolute Gasteiger partial charge is 0.354 e. The van der Waals surface area contributed by atoms with E-state index in [1.54, 1.807) is 6.26 Å². The van der Waals surface area contributed by atoms with Crippen LogP contribution >= 0.6 is 0 Å². The minimum atomic E-state index is -0.789. The molecule has 0 saturated heterocycles. The average molecular weight is 234 g/mol. The first-order valence-electron chi connectivity index (χ1n) is 5.30. The van der Waals surface area contributed by atoms with Crippen LogP contribution in [0.4, 0.5) is 0 Å². The third kappa shape index (κ3) is 8.57. The van der Waals surface area contributed by atoms with E-state index in [0.29, 0.717) is 12.2 Å². The van der Waals surface area contributed by atoms with Crippen LogP contribution in [0, 0.1) is 0 Å². The predicted octanol–water partition coefficient (Wildman–Crippen LogP) is 0.387. The van der Waals surface area contributed by atoms with E-state index in [1.165, 1.54) is 0 Å². The van der Waals surface area contributed by atoms with E-state index >= 15 is 0 Å². The fourth-order valence-corrected chi connectivity index (χ4v) is 1.82. The summed E-state index contributed by atoms with van der Waals surface area (Å²) in [7, 11) is -0.789. The van der Waals surface area contributed by atoms with Gasteiger partial charge in [-0.15, -0.1) is 0 Å². The molecule has 90 valence electrons. The summed E-state index contributed by atoms with van der Waals surface area (Å²) in [5.41, 5.74) is 5.66. The number of nitrogens with two attached hydrogens (primary N) is 1. The number of nitrogens with one attached hydrogen (secondary N) is 1. The molecule has 3 N–H and O–H groups in total. The summed E-state index contributed by atoms with van der Waals surface area (Å²) in [5.74, 6) is 0.611. The van der Waals surface area contributed by atoms with Gasteiger partial charge < -0.3 is 11.1 Å². The van der Waals surface area contributed by atoms with Crippen molar-refractivity contribution in [3.05, 3.63) is 0 Å². The summed E-state index contributed by atoms with van der Waals surface area (Å²) >= 11 is 0. The first kappa shape index (κ1) is 14.6. The molecule has 0 spiro atoms. The molecular weight excluding hydrogens is 212 g/mol. The van der Waals surface area contributed by atoms with Crippen LogP contribution < -0.4 is 11.1 Å². The molecule has 0 aromatic heterocycles. The third-order valence-electron chi connectivity index (χ3n) is 2.22. The Kier molecular flexibility index (Phi) is 7.60. The van der Waals surface area contributed by atoms with Crippen LogP contribution in [0.3, 0.4) is 0 Å². The second-order valence-corrected chi connectivity index (χ2v) is 5.46. The van der Waals surface area contributed by atoms with Crippen LogP contribution in [-0.4, -0.2) is 34.2 Å². The Bertz CT molecular complexity index is 221. The van der Waals surface area contributed by atoms with E-state index in [2.05, 4.69) is 5.32 Å². The molecule has 5 heteroatoms. The highest BCUT2D eigenvalue weighted by Gasteiger charge is 2.10. The lowest BCUT2D eigenvalue weighted by Gasteiger charge is -2.14. The van der Waals surface area contributed by atoms with Gasteiger partial charge in [0.15, 0.2) is 0 Å². The molecule has 1 amide bonds. The second-order valence-electron chi connectivity index (χ2n) is 3.91. The fourth-order valence-electron chi connectivity index (χ4n) is 1.13. The molecular formula is C10H22N2O2S. The molecule has 0 aromatic carbocycles. The van der Waals surface area contributed by atoms with Gasteiger partial charge in [-0.3, -0.25) is 9.00 Å². The molecule has 0 aliphatic heterocycles. The molecule has 0 aromatic rings. The highest BCUT2D eigenvalue weighted by Crippen LogP contribution is 1.97. The highest BCUT2D eigenvalue weighted by molar-refractivity contribution is 7.84. The number of hydrogen-bond donors (Lipinski definition) is 2. The van der Waals surface area contributed by atoms with Crippen LogP contribution in [0.15, 0.2) is 0 Å². The van der Waals surface area contributed by atoms with Crippen molar-refractivity contribution in [1.82, 2.24) is 5.32 Å². The maximum Gasteiger partial charge on any atom is 0.221 e. The van der Waals surface area contributed by atoms with Gasteiger partial charge in [-0.25, -0.2) is 0 Å². The van der Waals surface area contributed by atoms with E-state index in [4.69, 9.17) is 5.73 Å². The van der Waals surface area contributed by atoms with Crippen molar-refractivity contribution in [3.63, 3.8) is 0 Å². The van der Waals surface area contributed by atoms with Gasteiger partial charge in [0.25, 0.3) is 0 Å². The minimum absolute atomic E-state index is 0.0151. The molecule has 0 aliphatic rings. The lowest BCUT2D eigenvalue weighted by atomic mass is 10.1. The average Bonchev–Trinajstić information content (AvgIpc) is 2.14. The first-order chi connectivity index (χ1) is 6.95. The summed E-state index contributed by atoms with van der Waals surface area (Å²) in [6.45, 7) is 3.88. The number of amides is 1. The number of rotatable bonds is 7. The molecule has 0 rings (SSSR count). The molecule has 3 unspecified atom stereocenters. The zero-order valence-electron chi connectivity index (χ0n) is 9.79. The lowest BCUT2D eigenvalue weighted by Crippen LogP contribution is -2.37. The molecule has 3 atom stereocenters. The summed E-state index contributed by atoms with van der Waals surface area (Å²) in [4.78, 5) is 11.4. The minimum Gasteiger partial charge on any atom is -0.354 e. The standard InChI is InChI=1S/C10H22N2O2S/c1-4-9(11)7-10(13)12-8(2)5-6-15(3)14/h8-9H,4-7,11H2,1-3H3,(H,12,13). The lowest BCUT2D eigenvalue weighted by molar-refractivity contribution is -0.122. The highest BCUT2D eigenvalue weighted by atomic mass is 32.2. The third-order valence-corrected chi connectivity index (χ3v) is 3.03. The van der Waals surface area contributed by atoms with Gasteiger partial charge in [-0.2, -0.15) is 0 Å². The molecule has 0 saturated carbocycles. The maximum atomic E-state index is 11.4. The predicted molar refractivity (Wildman–Crippen MR) is 64.0 cm³/mol. The van der Waals surface area contributed by atoms with Crippen LogP contribution in [0.1, 0.15) is 33.1 Å². The SMILES string of the molecule is CCC(N)CC(=O)NC(C)CCS(C)=O. The van der Waals surface area contributed by atoms with Crippen molar-refractivity contribution in [2.24, 2.45) is 5.73 Å². The van der Waals surface area contributed by atoms with Crippen LogP contribution in [0.2, 0.25) is 0 Å². The summed E-state index contributed by atoms with van der Waals surface area (Å²) in [6, 6.07) is 0.0166. The van der Waals surface area contributed by atoms with Crippen LogP contribution in [0.5, 0.6) is 0 Å². The summed E-state index contributed by atoms with van der Waals surface area (Å²) < 4.78 is 10.8. The maximum absolute atomic E-state index is 11.4. The normalized spacial score (nSPS) is 16.8. The Labute approximate surface area is 94.4 Å². The second kappa shape index (κ2) is 7.82. The molecule has 15 heavy (non-hydrogen) atoms. The Morgan fingerprint density at radius 2 is 2.13 bits per heavy atom. The number of carbonyl (C=O) groups excluding carboxylic acids is 1. The summed E-state index contributed by atoms with van der Waals surface area (Å²) in [6.07, 6.45) is 3.59. The van der Waals surface area contributed by atoms with Gasteiger partial charge in [-0.05, 0) is 19.8 Å². The van der Waals surface area contributed by atoms with Crippen LogP contribution in [-0.2, 0) is 15.6 Å². The monoisotopic (exact) mass is 234 g/mol. The van der Waals surface area contributed by atoms with Crippen molar-refractivity contribution >= 4 is 16.7 Å². The van der Waals surface area contributed by atoms with Gasteiger partial charge in [0.1, 0.15) is 0 Å². The van der Waals surface area contributed by atoms with Crippen LogP contribution in [0.25, 0.3) is 0 Å². The topological polar surface area (TPSA) is 72.2 Å². The quantitative estimate of drug-likeness (QED) is 0.669. The van der Waals surface area contributed by atoms with E-state index in [9.17, 15) is 9.00 Å². The molecule has 0 radical (unpaired) electrons. The van der Waals surface area contributed by atoms with Gasteiger partial charge in [0.2, 0.25) is 5.91 Å². The molecule has 0 bridgehead atoms. The van der Waals surface area contributed by atoms with Gasteiger partial charge >= 0.3 is 0 Å². The zero-order valence-corrected chi connectivity index (χ0v) is 10.6.